The van der Waals surface area contributed by atoms with Crippen LogP contribution in [0.2, 0.25) is 5.02 Å². The molecule has 6 nitrogen and oxygen atoms in total. The van der Waals surface area contributed by atoms with Crippen LogP contribution in [0.4, 0.5) is 0 Å². The zero-order valence-corrected chi connectivity index (χ0v) is 22.7. The van der Waals surface area contributed by atoms with E-state index in [1.54, 1.807) is 30.5 Å². The fourth-order valence-corrected chi connectivity index (χ4v) is 5.07. The molecule has 196 valence electrons. The molecular weight excluding hydrogens is 510 g/mol. The quantitative estimate of drug-likeness (QED) is 0.230. The molecule has 1 atom stereocenters. The Kier molecular flexibility index (Phi) is 7.22. The maximum Gasteiger partial charge on any atom is 0.336 e. The van der Waals surface area contributed by atoms with Crippen LogP contribution in [0.5, 0.6) is 0 Å². The monoisotopic (exact) mass is 537 g/mol. The maximum absolute atomic E-state index is 13.1. The Morgan fingerprint density at radius 2 is 1.74 bits per heavy atom. The maximum atomic E-state index is 13.1. The molecule has 0 spiro atoms. The standard InChI is InChI=1S/C32H28ClN3O3/c1-19-21(3)36(18-22-8-10-23(11-9-22)26-6-4-5-7-27(26)32(38)39)30-13-12-24(16-28(19)30)31(37)35-20(2)29-17-25(33)14-15-34-29/h4-17,20H,18H2,1-3H3,(H,35,37)(H,38,39)/t20-/m0/s1. The molecule has 3 aromatic carbocycles. The second-order valence-corrected chi connectivity index (χ2v) is 10.1. The van der Waals surface area contributed by atoms with Gasteiger partial charge in [-0.2, -0.15) is 0 Å². The lowest BCUT2D eigenvalue weighted by Gasteiger charge is -2.14. The normalized spacial score (nSPS) is 11.9. The first kappa shape index (κ1) is 26.2. The van der Waals surface area contributed by atoms with Crippen LogP contribution >= 0.6 is 11.6 Å². The summed E-state index contributed by atoms with van der Waals surface area (Å²) in [6.45, 7) is 6.69. The number of pyridine rings is 1. The number of hydrogen-bond donors (Lipinski definition) is 2. The number of nitrogens with one attached hydrogen (secondary N) is 1. The van der Waals surface area contributed by atoms with E-state index < -0.39 is 5.97 Å². The van der Waals surface area contributed by atoms with Crippen LogP contribution in [0.1, 0.15) is 56.2 Å². The largest absolute Gasteiger partial charge is 0.478 e. The molecule has 0 fully saturated rings. The zero-order chi connectivity index (χ0) is 27.7. The van der Waals surface area contributed by atoms with Crippen molar-refractivity contribution in [3.05, 3.63) is 124 Å². The van der Waals surface area contributed by atoms with Gasteiger partial charge in [0.2, 0.25) is 0 Å². The number of benzene rings is 3. The van der Waals surface area contributed by atoms with Crippen molar-refractivity contribution in [3.8, 4) is 11.1 Å². The van der Waals surface area contributed by atoms with Gasteiger partial charge in [0.15, 0.2) is 0 Å². The van der Waals surface area contributed by atoms with Gasteiger partial charge in [0.05, 0.1) is 17.3 Å². The highest BCUT2D eigenvalue weighted by atomic mass is 35.5. The molecule has 39 heavy (non-hydrogen) atoms. The molecule has 7 heteroatoms. The van der Waals surface area contributed by atoms with Crippen molar-refractivity contribution in [2.75, 3.05) is 0 Å². The second kappa shape index (κ2) is 10.8. The molecule has 2 aromatic heterocycles. The summed E-state index contributed by atoms with van der Waals surface area (Å²) in [5.41, 5.74) is 7.51. The Morgan fingerprint density at radius 1 is 1.00 bits per heavy atom. The molecule has 0 unspecified atom stereocenters. The van der Waals surface area contributed by atoms with Gasteiger partial charge in [-0.05, 0) is 79.4 Å². The first-order valence-corrected chi connectivity index (χ1v) is 13.0. The summed E-state index contributed by atoms with van der Waals surface area (Å²) in [6.07, 6.45) is 1.63. The van der Waals surface area contributed by atoms with Crippen molar-refractivity contribution in [1.29, 1.82) is 0 Å². The topological polar surface area (TPSA) is 84.2 Å². The lowest BCUT2D eigenvalue weighted by molar-refractivity contribution is 0.0697. The van der Waals surface area contributed by atoms with Crippen molar-refractivity contribution in [2.24, 2.45) is 0 Å². The van der Waals surface area contributed by atoms with Crippen LogP contribution in [-0.4, -0.2) is 26.5 Å². The number of hydrogen-bond acceptors (Lipinski definition) is 3. The van der Waals surface area contributed by atoms with Gasteiger partial charge in [0.25, 0.3) is 5.91 Å². The molecule has 5 aromatic rings. The fourth-order valence-electron chi connectivity index (χ4n) is 4.90. The number of carboxylic acids is 1. The number of aromatic carboxylic acids is 1. The summed E-state index contributed by atoms with van der Waals surface area (Å²) in [7, 11) is 0. The third-order valence-corrected chi connectivity index (χ3v) is 7.43. The molecule has 2 heterocycles. The molecule has 0 bridgehead atoms. The van der Waals surface area contributed by atoms with E-state index in [1.807, 2.05) is 61.5 Å². The van der Waals surface area contributed by atoms with Crippen LogP contribution in [0.15, 0.2) is 85.1 Å². The van der Waals surface area contributed by atoms with E-state index in [2.05, 4.69) is 28.7 Å². The Bertz CT molecular complexity index is 1710. The van der Waals surface area contributed by atoms with E-state index in [9.17, 15) is 14.7 Å². The fraction of sp³-hybridized carbons (Fsp3) is 0.156. The summed E-state index contributed by atoms with van der Waals surface area (Å²) in [6, 6.07) is 23.9. The van der Waals surface area contributed by atoms with Gasteiger partial charge < -0.3 is 15.0 Å². The highest BCUT2D eigenvalue weighted by Gasteiger charge is 2.17. The number of aromatic nitrogens is 2. The van der Waals surface area contributed by atoms with Gasteiger partial charge >= 0.3 is 5.97 Å². The van der Waals surface area contributed by atoms with Gasteiger partial charge in [-0.1, -0.05) is 54.1 Å². The average molecular weight is 538 g/mol. The van der Waals surface area contributed by atoms with E-state index >= 15 is 0 Å². The Hall–Kier alpha value is -4.42. The number of fused-ring (bicyclic) bond motifs is 1. The number of nitrogens with zero attached hydrogens (tertiary/aromatic N) is 2. The predicted octanol–water partition coefficient (Wildman–Crippen LogP) is 7.21. The Morgan fingerprint density at radius 3 is 2.46 bits per heavy atom. The molecule has 0 radical (unpaired) electrons. The summed E-state index contributed by atoms with van der Waals surface area (Å²) < 4.78 is 2.24. The summed E-state index contributed by atoms with van der Waals surface area (Å²) in [5, 5.41) is 14.2. The van der Waals surface area contributed by atoms with Crippen LogP contribution in [-0.2, 0) is 6.54 Å². The first-order valence-electron chi connectivity index (χ1n) is 12.7. The third kappa shape index (κ3) is 5.29. The summed E-state index contributed by atoms with van der Waals surface area (Å²) >= 11 is 6.08. The predicted molar refractivity (Wildman–Crippen MR) is 154 cm³/mol. The van der Waals surface area contributed by atoms with Gasteiger partial charge in [-0.3, -0.25) is 9.78 Å². The summed E-state index contributed by atoms with van der Waals surface area (Å²) in [5.74, 6) is -1.11. The number of carbonyl (C=O) groups is 2. The summed E-state index contributed by atoms with van der Waals surface area (Å²) in [4.78, 5) is 29.0. The molecule has 1 amide bonds. The molecule has 0 saturated carbocycles. The number of rotatable bonds is 7. The Balaban J connectivity index is 1.39. The molecule has 0 saturated heterocycles. The zero-order valence-electron chi connectivity index (χ0n) is 21.9. The van der Waals surface area contributed by atoms with Gasteiger partial charge in [-0.25, -0.2) is 4.79 Å². The van der Waals surface area contributed by atoms with Gasteiger partial charge in [0, 0.05) is 39.9 Å². The first-order chi connectivity index (χ1) is 18.7. The molecule has 0 aliphatic rings. The minimum Gasteiger partial charge on any atom is -0.478 e. The van der Waals surface area contributed by atoms with Crippen LogP contribution < -0.4 is 5.32 Å². The second-order valence-electron chi connectivity index (χ2n) is 9.67. The Labute approximate surface area is 231 Å². The number of carbonyl (C=O) groups excluding carboxylic acids is 1. The smallest absolute Gasteiger partial charge is 0.336 e. The number of aryl methyl sites for hydroxylation is 1. The SMILES string of the molecule is Cc1c(C)n(Cc2ccc(-c3ccccc3C(=O)O)cc2)c2ccc(C(=O)N[C@@H](C)c3cc(Cl)ccn3)cc12. The number of amides is 1. The minimum absolute atomic E-state index is 0.173. The van der Waals surface area contributed by atoms with Crippen molar-refractivity contribution in [2.45, 2.75) is 33.4 Å². The minimum atomic E-state index is -0.941. The molecule has 2 N–H and O–H groups in total. The van der Waals surface area contributed by atoms with Gasteiger partial charge in [-0.15, -0.1) is 0 Å². The molecule has 5 rings (SSSR count). The molecule has 0 aliphatic carbocycles. The highest BCUT2D eigenvalue weighted by molar-refractivity contribution is 6.30. The van der Waals surface area contributed by atoms with Crippen molar-refractivity contribution >= 4 is 34.4 Å². The van der Waals surface area contributed by atoms with E-state index in [0.29, 0.717) is 28.4 Å². The van der Waals surface area contributed by atoms with E-state index in [0.717, 1.165) is 33.3 Å². The van der Waals surface area contributed by atoms with E-state index in [4.69, 9.17) is 11.6 Å². The molecular formula is C32H28ClN3O3. The average Bonchev–Trinajstić information content (AvgIpc) is 3.17. The van der Waals surface area contributed by atoms with Crippen molar-refractivity contribution in [3.63, 3.8) is 0 Å². The van der Waals surface area contributed by atoms with Gasteiger partial charge in [0.1, 0.15) is 0 Å². The van der Waals surface area contributed by atoms with Crippen molar-refractivity contribution in [1.82, 2.24) is 14.9 Å². The number of carboxylic acid groups (broad SMARTS) is 1. The molecule has 0 aliphatic heterocycles. The third-order valence-electron chi connectivity index (χ3n) is 7.20. The van der Waals surface area contributed by atoms with E-state index in [1.165, 1.54) is 0 Å². The highest BCUT2D eigenvalue weighted by Crippen LogP contribution is 2.29. The van der Waals surface area contributed by atoms with Crippen LogP contribution in [0.25, 0.3) is 22.0 Å². The van der Waals surface area contributed by atoms with Crippen LogP contribution in [0.3, 0.4) is 0 Å². The lowest BCUT2D eigenvalue weighted by atomic mass is 9.99. The van der Waals surface area contributed by atoms with E-state index in [-0.39, 0.29) is 17.5 Å². The van der Waals surface area contributed by atoms with Crippen LogP contribution in [0, 0.1) is 13.8 Å². The van der Waals surface area contributed by atoms with Crippen molar-refractivity contribution < 1.29 is 14.7 Å². The number of halogens is 1. The lowest BCUT2D eigenvalue weighted by Crippen LogP contribution is -2.27.